The van der Waals surface area contributed by atoms with E-state index in [0.717, 1.165) is 5.52 Å². The molecule has 0 atom stereocenters. The van der Waals surface area contributed by atoms with Crippen molar-refractivity contribution in [2.24, 2.45) is 0 Å². The minimum absolute atomic E-state index is 0.141. The van der Waals surface area contributed by atoms with Crippen LogP contribution in [-0.4, -0.2) is 23.5 Å². The van der Waals surface area contributed by atoms with Crippen molar-refractivity contribution in [3.05, 3.63) is 53.2 Å². The number of hydrogen-bond donors (Lipinski definition) is 2. The maximum atomic E-state index is 12.4. The van der Waals surface area contributed by atoms with Crippen LogP contribution in [0, 0.1) is 0 Å². The Morgan fingerprint density at radius 3 is 2.79 bits per heavy atom. The number of aromatic nitrogens is 1. The van der Waals surface area contributed by atoms with Gasteiger partial charge >= 0.3 is 0 Å². The highest BCUT2D eigenvalue weighted by molar-refractivity contribution is 6.48. The van der Waals surface area contributed by atoms with Crippen LogP contribution in [0.3, 0.4) is 0 Å². The molecule has 0 spiro atoms. The van der Waals surface area contributed by atoms with Crippen molar-refractivity contribution in [1.29, 1.82) is 0 Å². The zero-order valence-corrected chi connectivity index (χ0v) is 13.0. The van der Waals surface area contributed by atoms with Crippen molar-refractivity contribution in [1.82, 2.24) is 4.98 Å². The van der Waals surface area contributed by atoms with Crippen LogP contribution in [0.1, 0.15) is 10.4 Å². The zero-order valence-electron chi connectivity index (χ0n) is 12.3. The van der Waals surface area contributed by atoms with Gasteiger partial charge in [0.15, 0.2) is 11.5 Å². The van der Waals surface area contributed by atoms with Crippen LogP contribution >= 0.6 is 11.6 Å². The number of carbonyl (C=O) groups excluding carboxylic acids is 2. The smallest absolute Gasteiger partial charge is 0.296 e. The average Bonchev–Trinajstić information content (AvgIpc) is 3.19. The molecular weight excluding hydrogens is 332 g/mol. The number of ether oxygens (including phenoxy) is 2. The van der Waals surface area contributed by atoms with E-state index in [2.05, 4.69) is 10.3 Å². The topological polar surface area (TPSA) is 80.4 Å². The van der Waals surface area contributed by atoms with E-state index in [4.69, 9.17) is 21.1 Å². The highest BCUT2D eigenvalue weighted by atomic mass is 35.5. The van der Waals surface area contributed by atoms with Crippen LogP contribution in [0.2, 0.25) is 5.02 Å². The quantitative estimate of drug-likeness (QED) is 0.565. The summed E-state index contributed by atoms with van der Waals surface area (Å²) >= 11 is 5.96. The first-order valence-corrected chi connectivity index (χ1v) is 7.51. The molecule has 2 aromatic carbocycles. The van der Waals surface area contributed by atoms with Crippen LogP contribution in [-0.2, 0) is 4.79 Å². The summed E-state index contributed by atoms with van der Waals surface area (Å²) in [4.78, 5) is 27.7. The number of Topliss-reactive ketones (excluding diaryl/α,β-unsaturated/α-hetero) is 1. The van der Waals surface area contributed by atoms with E-state index >= 15 is 0 Å². The third-order valence-electron chi connectivity index (χ3n) is 3.73. The Labute approximate surface area is 141 Å². The molecule has 0 unspecified atom stereocenters. The summed E-state index contributed by atoms with van der Waals surface area (Å²) in [6.07, 6.45) is 1.50. The summed E-state index contributed by atoms with van der Waals surface area (Å²) in [6.45, 7) is 0.141. The second-order valence-electron chi connectivity index (χ2n) is 5.24. The lowest BCUT2D eigenvalue weighted by Crippen LogP contribution is -2.22. The highest BCUT2D eigenvalue weighted by Crippen LogP contribution is 2.34. The van der Waals surface area contributed by atoms with Gasteiger partial charge in [-0.1, -0.05) is 11.6 Å². The van der Waals surface area contributed by atoms with Gasteiger partial charge in [-0.05, 0) is 30.3 Å². The molecule has 1 amide bonds. The summed E-state index contributed by atoms with van der Waals surface area (Å²) in [5, 5.41) is 3.67. The first-order chi connectivity index (χ1) is 11.6. The number of carbonyl (C=O) groups is 2. The Kier molecular flexibility index (Phi) is 3.39. The summed E-state index contributed by atoms with van der Waals surface area (Å²) in [6, 6.07) is 10.0. The number of benzene rings is 2. The molecule has 0 saturated heterocycles. The number of anilines is 1. The fourth-order valence-electron chi connectivity index (χ4n) is 2.57. The molecule has 0 radical (unpaired) electrons. The number of amides is 1. The number of hydrogen-bond acceptors (Lipinski definition) is 4. The normalized spacial score (nSPS) is 12.4. The van der Waals surface area contributed by atoms with Gasteiger partial charge in [-0.3, -0.25) is 9.59 Å². The van der Waals surface area contributed by atoms with Crippen molar-refractivity contribution in [2.75, 3.05) is 12.1 Å². The molecule has 2 N–H and O–H groups in total. The number of fused-ring (bicyclic) bond motifs is 2. The maximum Gasteiger partial charge on any atom is 0.296 e. The largest absolute Gasteiger partial charge is 0.454 e. The average molecular weight is 343 g/mol. The molecule has 0 fully saturated rings. The number of ketones is 1. The van der Waals surface area contributed by atoms with E-state index in [1.807, 2.05) is 0 Å². The number of H-pyrrole nitrogens is 1. The van der Waals surface area contributed by atoms with E-state index in [1.165, 1.54) is 6.20 Å². The molecule has 24 heavy (non-hydrogen) atoms. The van der Waals surface area contributed by atoms with Crippen molar-refractivity contribution < 1.29 is 19.1 Å². The van der Waals surface area contributed by atoms with Crippen LogP contribution in [0.5, 0.6) is 11.5 Å². The lowest BCUT2D eigenvalue weighted by atomic mass is 10.1. The van der Waals surface area contributed by atoms with Crippen molar-refractivity contribution in [3.63, 3.8) is 0 Å². The molecule has 0 aliphatic carbocycles. The maximum absolute atomic E-state index is 12.4. The van der Waals surface area contributed by atoms with Gasteiger partial charge in [-0.25, -0.2) is 0 Å². The SMILES string of the molecule is O=C(Nc1ccc2c(c1)OCO2)C(=O)c1c[nH]c2ccc(Cl)cc12. The molecule has 1 aliphatic rings. The fourth-order valence-corrected chi connectivity index (χ4v) is 2.74. The van der Waals surface area contributed by atoms with E-state index in [-0.39, 0.29) is 12.4 Å². The van der Waals surface area contributed by atoms with Gasteiger partial charge in [0.05, 0.1) is 5.56 Å². The van der Waals surface area contributed by atoms with E-state index in [9.17, 15) is 9.59 Å². The Balaban J connectivity index is 1.59. The first-order valence-electron chi connectivity index (χ1n) is 7.14. The molecule has 4 rings (SSSR count). The van der Waals surface area contributed by atoms with Gasteiger partial charge < -0.3 is 19.8 Å². The van der Waals surface area contributed by atoms with Gasteiger partial charge in [0.2, 0.25) is 6.79 Å². The molecule has 7 heteroatoms. The van der Waals surface area contributed by atoms with Gasteiger partial charge in [-0.15, -0.1) is 0 Å². The summed E-state index contributed by atoms with van der Waals surface area (Å²) in [7, 11) is 0. The predicted octanol–water partition coefficient (Wildman–Crippen LogP) is 3.37. The van der Waals surface area contributed by atoms with Gasteiger partial charge in [-0.2, -0.15) is 0 Å². The number of rotatable bonds is 3. The van der Waals surface area contributed by atoms with Gasteiger partial charge in [0.25, 0.3) is 11.7 Å². The summed E-state index contributed by atoms with van der Waals surface area (Å²) in [5.74, 6) is -0.263. The van der Waals surface area contributed by atoms with Crippen molar-refractivity contribution in [3.8, 4) is 11.5 Å². The molecule has 1 aromatic heterocycles. The number of aromatic amines is 1. The Hall–Kier alpha value is -2.99. The van der Waals surface area contributed by atoms with Crippen LogP contribution < -0.4 is 14.8 Å². The van der Waals surface area contributed by atoms with Crippen molar-refractivity contribution in [2.45, 2.75) is 0 Å². The predicted molar refractivity (Wildman–Crippen MR) is 88.8 cm³/mol. The molecule has 120 valence electrons. The Morgan fingerprint density at radius 1 is 1.08 bits per heavy atom. The van der Waals surface area contributed by atoms with Gasteiger partial charge in [0.1, 0.15) is 0 Å². The van der Waals surface area contributed by atoms with E-state index in [0.29, 0.717) is 27.6 Å². The van der Waals surface area contributed by atoms with E-state index in [1.54, 1.807) is 36.4 Å². The highest BCUT2D eigenvalue weighted by Gasteiger charge is 2.21. The second kappa shape index (κ2) is 5.58. The standard InChI is InChI=1S/C17H11ClN2O4/c18-9-1-3-13-11(5-9)12(7-19-13)16(21)17(22)20-10-2-4-14-15(6-10)24-8-23-14/h1-7,19H,8H2,(H,20,22). The third kappa shape index (κ3) is 2.47. The number of nitrogens with one attached hydrogen (secondary N) is 2. The first kappa shape index (κ1) is 14.6. The van der Waals surface area contributed by atoms with Gasteiger partial charge in [0, 0.05) is 33.9 Å². The lowest BCUT2D eigenvalue weighted by molar-refractivity contribution is -0.112. The van der Waals surface area contributed by atoms with Crippen LogP contribution in [0.4, 0.5) is 5.69 Å². The molecule has 3 aromatic rings. The Bertz CT molecular complexity index is 980. The minimum atomic E-state index is -0.741. The molecule has 2 heterocycles. The fraction of sp³-hybridized carbons (Fsp3) is 0.0588. The summed E-state index contributed by atoms with van der Waals surface area (Å²) < 4.78 is 10.5. The zero-order chi connectivity index (χ0) is 16.7. The minimum Gasteiger partial charge on any atom is -0.454 e. The van der Waals surface area contributed by atoms with E-state index < -0.39 is 11.7 Å². The van der Waals surface area contributed by atoms with Crippen LogP contribution in [0.15, 0.2) is 42.6 Å². The third-order valence-corrected chi connectivity index (χ3v) is 3.96. The summed E-state index contributed by atoms with van der Waals surface area (Å²) in [5.41, 5.74) is 1.46. The molecule has 6 nitrogen and oxygen atoms in total. The second-order valence-corrected chi connectivity index (χ2v) is 5.68. The van der Waals surface area contributed by atoms with Crippen molar-refractivity contribution >= 4 is 39.9 Å². The monoisotopic (exact) mass is 342 g/mol. The Morgan fingerprint density at radius 2 is 1.92 bits per heavy atom. The number of halogens is 1. The van der Waals surface area contributed by atoms with Crippen LogP contribution in [0.25, 0.3) is 10.9 Å². The molecular formula is C17H11ClN2O4. The molecule has 0 bridgehead atoms. The lowest BCUT2D eigenvalue weighted by Gasteiger charge is -2.05. The molecule has 1 aliphatic heterocycles. The molecule has 0 saturated carbocycles.